The number of rotatable bonds is 2. The minimum absolute atomic E-state index is 0.0919. The van der Waals surface area contributed by atoms with Gasteiger partial charge in [0.25, 0.3) is 0 Å². The molecule has 0 spiro atoms. The average molecular weight is 447 g/mol. The highest BCUT2D eigenvalue weighted by Crippen LogP contribution is 2.55. The largest absolute Gasteiger partial charge is 0.0622 e. The van der Waals surface area contributed by atoms with E-state index in [4.69, 9.17) is 0 Å². The van der Waals surface area contributed by atoms with Gasteiger partial charge < -0.3 is 0 Å². The molecule has 0 radical (unpaired) electrons. The van der Waals surface area contributed by atoms with Gasteiger partial charge in [0.2, 0.25) is 0 Å². The Bertz CT molecular complexity index is 1740. The second-order valence-electron chi connectivity index (χ2n) is 10.1. The molecule has 0 nitrogen and oxygen atoms in total. The first-order chi connectivity index (χ1) is 17.2. The van der Waals surface area contributed by atoms with Crippen molar-refractivity contribution in [3.63, 3.8) is 0 Å². The van der Waals surface area contributed by atoms with E-state index in [2.05, 4.69) is 135 Å². The van der Waals surface area contributed by atoms with Crippen LogP contribution in [-0.2, 0) is 5.41 Å². The van der Waals surface area contributed by atoms with E-state index >= 15 is 0 Å². The SMILES string of the molecule is CC1(C)c2ccccc2-c2ccc3c(-c4ccccc4)c4ccccc4c(-c4ccccc4)c3c21. The summed E-state index contributed by atoms with van der Waals surface area (Å²) in [6.07, 6.45) is 0. The second kappa shape index (κ2) is 7.42. The number of hydrogen-bond donors (Lipinski definition) is 0. The van der Waals surface area contributed by atoms with Gasteiger partial charge in [-0.1, -0.05) is 135 Å². The van der Waals surface area contributed by atoms with Crippen molar-refractivity contribution in [2.75, 3.05) is 0 Å². The van der Waals surface area contributed by atoms with Crippen LogP contribution in [0.5, 0.6) is 0 Å². The Morgan fingerprint density at radius 2 is 0.971 bits per heavy atom. The third kappa shape index (κ3) is 2.80. The molecular formula is C35H26. The Morgan fingerprint density at radius 3 is 1.66 bits per heavy atom. The van der Waals surface area contributed by atoms with Gasteiger partial charge in [0.15, 0.2) is 0 Å². The lowest BCUT2D eigenvalue weighted by Gasteiger charge is -2.26. The van der Waals surface area contributed by atoms with Gasteiger partial charge in [0.05, 0.1) is 0 Å². The number of benzene rings is 6. The Balaban J connectivity index is 1.77. The summed E-state index contributed by atoms with van der Waals surface area (Å²) < 4.78 is 0. The summed E-state index contributed by atoms with van der Waals surface area (Å²) in [7, 11) is 0. The van der Waals surface area contributed by atoms with E-state index < -0.39 is 0 Å². The monoisotopic (exact) mass is 446 g/mol. The summed E-state index contributed by atoms with van der Waals surface area (Å²) in [5.74, 6) is 0. The first kappa shape index (κ1) is 20.2. The third-order valence-electron chi connectivity index (χ3n) is 7.83. The molecule has 0 aliphatic heterocycles. The van der Waals surface area contributed by atoms with Crippen molar-refractivity contribution in [2.24, 2.45) is 0 Å². The molecule has 166 valence electrons. The zero-order chi connectivity index (χ0) is 23.6. The predicted octanol–water partition coefficient (Wildman–Crippen LogP) is 9.63. The van der Waals surface area contributed by atoms with Crippen LogP contribution < -0.4 is 0 Å². The van der Waals surface area contributed by atoms with Crippen molar-refractivity contribution >= 4 is 21.5 Å². The van der Waals surface area contributed by atoms with Crippen LogP contribution in [0.3, 0.4) is 0 Å². The maximum absolute atomic E-state index is 2.39. The van der Waals surface area contributed by atoms with Gasteiger partial charge in [-0.3, -0.25) is 0 Å². The number of fused-ring (bicyclic) bond motifs is 6. The summed E-state index contributed by atoms with van der Waals surface area (Å²) in [6, 6.07) is 44.4. The summed E-state index contributed by atoms with van der Waals surface area (Å²) in [6.45, 7) is 4.78. The molecule has 0 amide bonds. The molecule has 7 rings (SSSR count). The lowest BCUT2D eigenvalue weighted by molar-refractivity contribution is 0.666. The van der Waals surface area contributed by atoms with Crippen molar-refractivity contribution in [1.82, 2.24) is 0 Å². The summed E-state index contributed by atoms with van der Waals surface area (Å²) >= 11 is 0. The van der Waals surface area contributed by atoms with E-state index in [-0.39, 0.29) is 5.41 Å². The van der Waals surface area contributed by atoms with E-state index in [9.17, 15) is 0 Å². The lowest BCUT2D eigenvalue weighted by atomic mass is 9.76. The molecule has 1 aliphatic carbocycles. The summed E-state index contributed by atoms with van der Waals surface area (Å²) in [5, 5.41) is 5.32. The van der Waals surface area contributed by atoms with Crippen LogP contribution in [0, 0.1) is 0 Å². The van der Waals surface area contributed by atoms with Crippen LogP contribution in [-0.4, -0.2) is 0 Å². The molecule has 0 unspecified atom stereocenters. The molecule has 0 saturated carbocycles. The van der Waals surface area contributed by atoms with Crippen molar-refractivity contribution < 1.29 is 0 Å². The summed E-state index contributed by atoms with van der Waals surface area (Å²) in [4.78, 5) is 0. The first-order valence-corrected chi connectivity index (χ1v) is 12.4. The van der Waals surface area contributed by atoms with Gasteiger partial charge in [-0.15, -0.1) is 0 Å². The average Bonchev–Trinajstić information content (AvgIpc) is 3.15. The van der Waals surface area contributed by atoms with Crippen LogP contribution >= 0.6 is 0 Å². The van der Waals surface area contributed by atoms with Crippen LogP contribution in [0.1, 0.15) is 25.0 Å². The molecule has 0 fully saturated rings. The van der Waals surface area contributed by atoms with Gasteiger partial charge in [-0.25, -0.2) is 0 Å². The molecule has 0 N–H and O–H groups in total. The fourth-order valence-corrected chi connectivity index (χ4v) is 6.36. The molecule has 6 aromatic carbocycles. The van der Waals surface area contributed by atoms with E-state index in [1.807, 2.05) is 0 Å². The maximum atomic E-state index is 2.39. The van der Waals surface area contributed by atoms with Crippen LogP contribution in [0.2, 0.25) is 0 Å². The second-order valence-corrected chi connectivity index (χ2v) is 10.1. The molecule has 0 atom stereocenters. The zero-order valence-corrected chi connectivity index (χ0v) is 20.0. The standard InChI is InChI=1S/C35H26/c1-35(2)30-20-12-11-17-25(30)28-21-22-29-31(23-13-5-3-6-14-23)26-18-9-10-19-27(26)32(33(29)34(28)35)24-15-7-4-8-16-24/h3-22H,1-2H3. The zero-order valence-electron chi connectivity index (χ0n) is 20.0. The van der Waals surface area contributed by atoms with Crippen molar-refractivity contribution in [3.8, 4) is 33.4 Å². The molecular weight excluding hydrogens is 420 g/mol. The Labute approximate surface area is 206 Å². The van der Waals surface area contributed by atoms with Crippen molar-refractivity contribution in [1.29, 1.82) is 0 Å². The Hall–Kier alpha value is -4.16. The Kier molecular flexibility index (Phi) is 4.29. The maximum Gasteiger partial charge on any atom is 0.0165 e. The third-order valence-corrected chi connectivity index (χ3v) is 7.83. The molecule has 6 aromatic rings. The molecule has 0 aromatic heterocycles. The Morgan fingerprint density at radius 1 is 0.429 bits per heavy atom. The first-order valence-electron chi connectivity index (χ1n) is 12.4. The van der Waals surface area contributed by atoms with Gasteiger partial charge in [-0.05, 0) is 66.1 Å². The highest BCUT2D eigenvalue weighted by atomic mass is 14.4. The van der Waals surface area contributed by atoms with E-state index in [1.54, 1.807) is 0 Å². The predicted molar refractivity (Wildman–Crippen MR) is 150 cm³/mol. The molecule has 0 saturated heterocycles. The highest BCUT2D eigenvalue weighted by molar-refractivity contribution is 6.23. The van der Waals surface area contributed by atoms with Crippen LogP contribution in [0.25, 0.3) is 54.9 Å². The molecule has 0 heteroatoms. The van der Waals surface area contributed by atoms with E-state index in [1.165, 1.54) is 66.1 Å². The van der Waals surface area contributed by atoms with Gasteiger partial charge in [-0.2, -0.15) is 0 Å². The smallest absolute Gasteiger partial charge is 0.0165 e. The van der Waals surface area contributed by atoms with E-state index in [0.717, 1.165) is 0 Å². The van der Waals surface area contributed by atoms with E-state index in [0.29, 0.717) is 0 Å². The summed E-state index contributed by atoms with van der Waals surface area (Å²) in [5.41, 5.74) is 10.7. The fourth-order valence-electron chi connectivity index (χ4n) is 6.36. The normalized spacial score (nSPS) is 13.7. The molecule has 35 heavy (non-hydrogen) atoms. The minimum Gasteiger partial charge on any atom is -0.0622 e. The van der Waals surface area contributed by atoms with Gasteiger partial charge in [0, 0.05) is 5.41 Å². The van der Waals surface area contributed by atoms with Gasteiger partial charge >= 0.3 is 0 Å². The van der Waals surface area contributed by atoms with Crippen LogP contribution in [0.4, 0.5) is 0 Å². The molecule has 0 bridgehead atoms. The molecule has 0 heterocycles. The van der Waals surface area contributed by atoms with Crippen molar-refractivity contribution in [2.45, 2.75) is 19.3 Å². The highest BCUT2D eigenvalue weighted by Gasteiger charge is 2.38. The topological polar surface area (TPSA) is 0 Å². The number of hydrogen-bond acceptors (Lipinski definition) is 0. The quantitative estimate of drug-likeness (QED) is 0.232. The van der Waals surface area contributed by atoms with Gasteiger partial charge in [0.1, 0.15) is 0 Å². The lowest BCUT2D eigenvalue weighted by Crippen LogP contribution is -2.16. The minimum atomic E-state index is -0.0919. The molecule has 1 aliphatic rings. The fraction of sp³-hybridized carbons (Fsp3) is 0.0857. The van der Waals surface area contributed by atoms with Crippen molar-refractivity contribution in [3.05, 3.63) is 132 Å². The van der Waals surface area contributed by atoms with Crippen LogP contribution in [0.15, 0.2) is 121 Å².